The number of carboxylic acids is 1. The lowest BCUT2D eigenvalue weighted by Gasteiger charge is -2.39. The number of alkyl carbamates (subject to hydrolysis) is 2. The number of carbonyl (C=O) groups is 4. The van der Waals surface area contributed by atoms with Crippen LogP contribution in [-0.2, 0) is 85.7 Å². The molecule has 32 nitrogen and oxygen atoms in total. The number of fused-ring (bicyclic) bond motifs is 5. The van der Waals surface area contributed by atoms with Crippen LogP contribution >= 0.6 is 66.6 Å². The number of anilines is 2. The zero-order valence-electron chi connectivity index (χ0n) is 57.9. The van der Waals surface area contributed by atoms with Gasteiger partial charge in [-0.25, -0.2) is 47.9 Å². The molecule has 10 N–H and O–H groups in total. The Balaban J connectivity index is 0.542. The fraction of sp³-hybridized carbons (Fsp3) is 0.530. The number of hydrogen-bond acceptors (Lipinski definition) is 26. The number of carboxylic acid groups (broad SMARTS) is 1. The number of aromatic carboxylic acids is 1. The average Bonchev–Trinajstić information content (AvgIpc) is 1.40. The number of hydrogen-bond donors (Lipinski definition) is 9. The minimum Gasteiger partial charge on any atom is -0.478 e. The number of rotatable bonds is 36. The topological polar surface area (TPSA) is 421 Å². The molecule has 3 unspecified atom stereocenters. The number of phosphoric acid groups is 3. The molecule has 6 aliphatic heterocycles. The van der Waals surface area contributed by atoms with Crippen LogP contribution in [0.3, 0.4) is 0 Å². The molecule has 11 rings (SSSR count). The van der Waals surface area contributed by atoms with E-state index in [0.717, 1.165) is 105 Å². The Morgan fingerprint density at radius 2 is 1.52 bits per heavy atom. The lowest BCUT2D eigenvalue weighted by molar-refractivity contribution is -0.0520. The van der Waals surface area contributed by atoms with Gasteiger partial charge < -0.3 is 88.4 Å². The number of nitrogen functional groups attached to an aromatic ring is 1. The summed E-state index contributed by atoms with van der Waals surface area (Å²) in [5.41, 5.74) is 15.6. The van der Waals surface area contributed by atoms with Gasteiger partial charge in [0, 0.05) is 108 Å². The molecule has 1 fully saturated rings. The summed E-state index contributed by atoms with van der Waals surface area (Å²) in [6.45, 7) is 9.40. The lowest BCUT2D eigenvalue weighted by Crippen LogP contribution is -2.45. The highest BCUT2D eigenvalue weighted by molar-refractivity contribution is 8.77. The van der Waals surface area contributed by atoms with Crippen molar-refractivity contribution in [1.29, 1.82) is 0 Å². The molecule has 3 aromatic carbocycles. The van der Waals surface area contributed by atoms with Gasteiger partial charge in [0.25, 0.3) is 5.91 Å². The van der Waals surface area contributed by atoms with Crippen molar-refractivity contribution in [2.24, 2.45) is 0 Å². The van der Waals surface area contributed by atoms with Crippen molar-refractivity contribution < 1.29 is 109 Å². The average molecular weight is 1590 g/mol. The molecular weight excluding hydrogens is 1510 g/mol. The fourth-order valence-electron chi connectivity index (χ4n) is 13.4. The summed E-state index contributed by atoms with van der Waals surface area (Å²) in [6, 6.07) is 11.8. The van der Waals surface area contributed by atoms with Crippen LogP contribution in [0.5, 0.6) is 11.5 Å². The third-order valence-electron chi connectivity index (χ3n) is 17.9. The Hall–Kier alpha value is -6.00. The van der Waals surface area contributed by atoms with Gasteiger partial charge in [-0.1, -0.05) is 43.2 Å². The van der Waals surface area contributed by atoms with Gasteiger partial charge in [0.15, 0.2) is 0 Å². The molecule has 1 saturated heterocycles. The Kier molecular flexibility index (Phi) is 27.8. The number of phosphoric ester groups is 1. The lowest BCUT2D eigenvalue weighted by atomic mass is 9.81. The second-order valence-electron chi connectivity index (χ2n) is 25.7. The third-order valence-corrected chi connectivity index (χ3v) is 26.2. The van der Waals surface area contributed by atoms with Crippen molar-refractivity contribution in [1.82, 2.24) is 35.1 Å². The Morgan fingerprint density at radius 1 is 0.790 bits per heavy atom. The molecule has 6 aliphatic rings. The van der Waals surface area contributed by atoms with E-state index in [9.17, 15) is 47.8 Å². The zero-order chi connectivity index (χ0) is 74.5. The van der Waals surface area contributed by atoms with E-state index in [1.807, 2.05) is 20.1 Å². The van der Waals surface area contributed by atoms with Gasteiger partial charge in [-0.05, 0) is 125 Å². The van der Waals surface area contributed by atoms with Gasteiger partial charge in [0.1, 0.15) is 66.6 Å². The van der Waals surface area contributed by atoms with Crippen LogP contribution in [0.25, 0.3) is 16.6 Å². The molecule has 3 amide bonds. The number of nitrogens with one attached hydrogen (secondary N) is 3. The van der Waals surface area contributed by atoms with Crippen molar-refractivity contribution in [3.63, 3.8) is 0 Å². The third kappa shape index (κ3) is 21.1. The summed E-state index contributed by atoms with van der Waals surface area (Å²) in [5, 5.41) is 21.2. The SMILES string of the molecule is CSSCOC1C[C@H](n2cc(C#CNC(=O)OCCCCOCSSC(C)(C)CCOC(=O)NCCOCCOCCNC(=O)c3ccc(C(=O)O)c(C4=c5cc6c7c(c5Oc5c4cc4c8c5CCCN8CCC4)CCC[N+]=7CCC6)c3)c3c(N)ncnc32)O[C@@H]1COP(=O)(O)OP(=O)(O)OP(=O)(O)O. The molecule has 5 atom stereocenters. The van der Waals surface area contributed by atoms with E-state index in [1.165, 1.54) is 78.2 Å². The van der Waals surface area contributed by atoms with Gasteiger partial charge in [-0.15, -0.1) is 0 Å². The first-order valence-electron chi connectivity index (χ1n) is 34.2. The first kappa shape index (κ1) is 80.0. The van der Waals surface area contributed by atoms with Crippen molar-refractivity contribution in [2.75, 3.05) is 121 Å². The number of unbranched alkanes of at least 4 members (excludes halogenated alkanes) is 1. The summed E-state index contributed by atoms with van der Waals surface area (Å²) < 4.78 is 98.8. The monoisotopic (exact) mass is 1590 g/mol. The van der Waals surface area contributed by atoms with E-state index >= 15 is 0 Å². The molecule has 0 saturated carbocycles. The van der Waals surface area contributed by atoms with Crippen molar-refractivity contribution in [2.45, 2.75) is 114 Å². The van der Waals surface area contributed by atoms with E-state index in [2.05, 4.69) is 68.1 Å². The highest BCUT2D eigenvalue weighted by Crippen LogP contribution is 2.66. The molecule has 0 radical (unpaired) electrons. The number of nitrogens with zero attached hydrogens (tertiary/aromatic N) is 5. The van der Waals surface area contributed by atoms with Crippen LogP contribution in [-0.4, -0.2) is 190 Å². The predicted octanol–water partition coefficient (Wildman–Crippen LogP) is 7.66. The van der Waals surface area contributed by atoms with E-state index in [1.54, 1.807) is 33.6 Å². The predicted molar refractivity (Wildman–Crippen MR) is 393 cm³/mol. The number of nitrogens with two attached hydrogens (primary N) is 1. The summed E-state index contributed by atoms with van der Waals surface area (Å²) in [6.07, 6.45) is 9.87. The van der Waals surface area contributed by atoms with Crippen LogP contribution < -0.4 is 46.5 Å². The molecular formula is C66H85N9O23P3S4+. The number of aromatic nitrogens is 3. The summed E-state index contributed by atoms with van der Waals surface area (Å²) >= 11 is 0. The Labute approximate surface area is 620 Å². The Morgan fingerprint density at radius 3 is 2.30 bits per heavy atom. The van der Waals surface area contributed by atoms with Crippen molar-refractivity contribution in [3.8, 4) is 23.5 Å². The van der Waals surface area contributed by atoms with Gasteiger partial charge in [-0.3, -0.25) is 9.32 Å². The largest absolute Gasteiger partial charge is 0.490 e. The molecule has 39 heteroatoms. The molecule has 8 heterocycles. The molecule has 0 spiro atoms. The van der Waals surface area contributed by atoms with Crippen LogP contribution in [0.15, 0.2) is 42.9 Å². The summed E-state index contributed by atoms with van der Waals surface area (Å²) in [5.74, 6) is 3.60. The second-order valence-corrected chi connectivity index (χ2v) is 35.6. The molecule has 5 aromatic rings. The van der Waals surface area contributed by atoms with Gasteiger partial charge in [0.2, 0.25) is 5.36 Å². The highest BCUT2D eigenvalue weighted by Gasteiger charge is 2.45. The van der Waals surface area contributed by atoms with Crippen LogP contribution in [0, 0.1) is 12.0 Å². The Bertz CT molecular complexity index is 4400. The summed E-state index contributed by atoms with van der Waals surface area (Å²) in [4.78, 5) is 100. The fourth-order valence-corrected chi connectivity index (χ4v) is 19.5. The van der Waals surface area contributed by atoms with Crippen LogP contribution in [0.2, 0.25) is 0 Å². The molecule has 570 valence electrons. The minimum absolute atomic E-state index is 0.0497. The molecule has 0 aliphatic carbocycles. The number of ether oxygens (including phenoxy) is 8. The number of aryl methyl sites for hydroxylation is 2. The minimum atomic E-state index is -5.77. The van der Waals surface area contributed by atoms with E-state index < -0.39 is 66.7 Å². The highest BCUT2D eigenvalue weighted by atomic mass is 33.1. The number of benzene rings is 3. The van der Waals surface area contributed by atoms with Crippen molar-refractivity contribution in [3.05, 3.63) is 104 Å². The zero-order valence-corrected chi connectivity index (χ0v) is 63.9. The maximum absolute atomic E-state index is 13.9. The first-order chi connectivity index (χ1) is 50.4. The van der Waals surface area contributed by atoms with E-state index in [0.29, 0.717) is 48.3 Å². The van der Waals surface area contributed by atoms with Gasteiger partial charge >= 0.3 is 41.6 Å². The number of carbonyl (C=O) groups excluding carboxylic acids is 3. The second kappa shape index (κ2) is 36.5. The van der Waals surface area contributed by atoms with Crippen molar-refractivity contribution >= 4 is 119 Å². The molecule has 0 bridgehead atoms. The quantitative estimate of drug-likeness (QED) is 0.00346. The first-order valence-corrected chi connectivity index (χ1v) is 43.7. The smallest absolute Gasteiger partial charge is 0.478 e. The van der Waals surface area contributed by atoms with Gasteiger partial charge in [0.05, 0.1) is 74.4 Å². The van der Waals surface area contributed by atoms with E-state index in [-0.39, 0.29) is 98.3 Å². The van der Waals surface area contributed by atoms with Crippen LogP contribution in [0.4, 0.5) is 21.1 Å². The summed E-state index contributed by atoms with van der Waals surface area (Å²) in [7, 11) is -11.0. The maximum atomic E-state index is 13.9. The maximum Gasteiger partial charge on any atom is 0.490 e. The van der Waals surface area contributed by atoms with Gasteiger partial charge in [-0.2, -0.15) is 8.62 Å². The standard InChI is InChI=1S/C66H84N9O23P3S4/c1-66(2,105-104-39-90-25-4-5-26-91-64(79)69-18-16-44-36-75(61-54(44)60(67)71-38-72-61)53-35-51(93-40-103-102-3)52(95-53)37-94-100(84,85)98-101(86,87)97-99(81,82)83)17-27-92-65(80)70-20-29-89-31-30-88-28-19-68-62(76)43-14-15-45(63(77)78)48(34-43)55-49-32-41-10-6-21-73-23-8-12-46(56(41)73)58(49)96-59-47-13-9-24-74-22-7-11-42(57(47)74)33-50(55)59/h14-15,32-34,36,38,51-53H,4-13,17,19-31,35,37,39-40H2,1-3H3,(H9-,67,68,69,70,71,72,76,77,78,79,80,81,82,83,84,85,86,87)/p+1/t51?,52-,53-/m1/s1. The van der Waals surface area contributed by atoms with Crippen LogP contribution in [0.1, 0.15) is 131 Å². The molecule has 2 aromatic heterocycles. The van der Waals surface area contributed by atoms with E-state index in [4.69, 9.17) is 57.9 Å². The number of amides is 3. The normalized spacial score (nSPS) is 18.5. The molecule has 105 heavy (non-hydrogen) atoms.